The third-order valence-electron chi connectivity index (χ3n) is 6.90. The molecule has 37 heavy (non-hydrogen) atoms. The highest BCUT2D eigenvalue weighted by atomic mass is 32.2. The molecule has 0 N–H and O–H groups in total. The predicted octanol–water partition coefficient (Wildman–Crippen LogP) is 4.11. The maximum absolute atomic E-state index is 14.0. The fourth-order valence-electron chi connectivity index (χ4n) is 4.90. The number of benzene rings is 1. The van der Waals surface area contributed by atoms with Gasteiger partial charge in [0.15, 0.2) is 16.2 Å². The molecule has 1 heterocycles. The third kappa shape index (κ3) is 6.41. The Bertz CT molecular complexity index is 1080. The fourth-order valence-corrected chi connectivity index (χ4v) is 7.15. The Kier molecular flexibility index (Phi) is 8.60. The molecule has 3 rings (SSSR count). The molecule has 1 saturated heterocycles. The number of carbonyl (C=O) groups is 1. The summed E-state index contributed by atoms with van der Waals surface area (Å²) in [4.78, 5) is 25.9. The van der Waals surface area contributed by atoms with Crippen LogP contribution in [0.25, 0.3) is 0 Å². The number of esters is 1. The van der Waals surface area contributed by atoms with Crippen molar-refractivity contribution in [2.75, 3.05) is 19.8 Å². The number of rotatable bonds is 11. The fraction of sp³-hybridized carbons (Fsp3) is 0.720. The van der Waals surface area contributed by atoms with Crippen molar-refractivity contribution in [1.82, 2.24) is 4.31 Å². The molecule has 0 spiro atoms. The molecule has 12 heteroatoms. The molecule has 2 fully saturated rings. The normalized spacial score (nSPS) is 26.6. The van der Waals surface area contributed by atoms with Crippen molar-refractivity contribution < 1.29 is 31.8 Å². The Labute approximate surface area is 221 Å². The van der Waals surface area contributed by atoms with Gasteiger partial charge in [-0.1, -0.05) is 50.0 Å². The van der Waals surface area contributed by atoms with Gasteiger partial charge in [-0.3, -0.25) is 0 Å². The van der Waals surface area contributed by atoms with Crippen molar-refractivity contribution in [3.05, 3.63) is 46.0 Å². The zero-order valence-corrected chi connectivity index (χ0v) is 24.5. The lowest BCUT2D eigenvalue weighted by Crippen LogP contribution is -2.57. The lowest BCUT2D eigenvalue weighted by molar-refractivity contribution is -0.313. The molecule has 0 bridgehead atoms. The molecule has 1 aromatic carbocycles. The van der Waals surface area contributed by atoms with Crippen LogP contribution < -0.4 is 0 Å². The predicted molar refractivity (Wildman–Crippen MR) is 142 cm³/mol. The van der Waals surface area contributed by atoms with Crippen molar-refractivity contribution in [1.29, 1.82) is 0 Å². The molecule has 10 nitrogen and oxygen atoms in total. The van der Waals surface area contributed by atoms with Gasteiger partial charge in [0.1, 0.15) is 5.60 Å². The van der Waals surface area contributed by atoms with Gasteiger partial charge in [-0.15, -0.1) is 12.7 Å². The topological polar surface area (TPSA) is 125 Å². The largest absolute Gasteiger partial charge is 0.499 e. The average Bonchev–Trinajstić information content (AvgIpc) is 3.48. The minimum Gasteiger partial charge on any atom is -0.459 e. The van der Waals surface area contributed by atoms with E-state index in [1.54, 1.807) is 45.0 Å². The monoisotopic (exact) mass is 556 g/mol. The van der Waals surface area contributed by atoms with Gasteiger partial charge in [0.05, 0.1) is 12.0 Å². The molecule has 1 aliphatic carbocycles. The lowest BCUT2D eigenvalue weighted by Gasteiger charge is -2.35. The second-order valence-corrected chi connectivity index (χ2v) is 19.4. The molecule has 1 saturated carbocycles. The maximum Gasteiger partial charge on any atom is 0.499 e. The van der Waals surface area contributed by atoms with E-state index in [2.05, 4.69) is 0 Å². The molecular formula is C25H40N2O8SSi. The van der Waals surface area contributed by atoms with Gasteiger partial charge >= 0.3 is 16.2 Å². The van der Waals surface area contributed by atoms with Crippen LogP contribution in [0, 0.1) is 10.1 Å². The van der Waals surface area contributed by atoms with Crippen LogP contribution in [0.15, 0.2) is 30.3 Å². The standard InChI is InChI=1S/C25H40N2O8SSi/c1-23(2,3)35-22(28)25(26(15-17-37(4,5)6)36(31,32)27(29)30)18-24(25,20-12-8-7-9-13-20)19-34-21-14-10-11-16-33-21/h7-9,12-13,21H,10-11,14-19H2,1-6H3. The van der Waals surface area contributed by atoms with Gasteiger partial charge in [0.25, 0.3) is 0 Å². The SMILES string of the molecule is CC(C)(C)OC(=O)C1(N(CC[Si](C)(C)C)S(=O)(=O)[N+](=O)[O-])CC1(COC1CCCCO1)c1ccccc1. The Hall–Kier alpha value is -1.86. The van der Waals surface area contributed by atoms with Crippen molar-refractivity contribution in [3.8, 4) is 0 Å². The summed E-state index contributed by atoms with van der Waals surface area (Å²) in [6, 6.07) is 9.43. The first-order valence-corrected chi connectivity index (χ1v) is 17.9. The van der Waals surface area contributed by atoms with E-state index in [9.17, 15) is 23.3 Å². The van der Waals surface area contributed by atoms with E-state index >= 15 is 0 Å². The highest BCUT2D eigenvalue weighted by Crippen LogP contribution is 2.63. The van der Waals surface area contributed by atoms with Gasteiger partial charge < -0.3 is 14.2 Å². The first-order chi connectivity index (χ1) is 17.1. The summed E-state index contributed by atoms with van der Waals surface area (Å²) in [6.45, 7) is 11.5. The smallest absolute Gasteiger partial charge is 0.459 e. The summed E-state index contributed by atoms with van der Waals surface area (Å²) in [5, 5.41) is 11.9. The van der Waals surface area contributed by atoms with Crippen LogP contribution in [0.1, 0.15) is 52.0 Å². The molecular weight excluding hydrogens is 516 g/mol. The molecule has 3 atom stereocenters. The molecule has 1 aromatic rings. The van der Waals surface area contributed by atoms with Gasteiger partial charge in [0.2, 0.25) is 0 Å². The maximum atomic E-state index is 14.0. The van der Waals surface area contributed by atoms with Crippen LogP contribution in [0.4, 0.5) is 0 Å². The van der Waals surface area contributed by atoms with Crippen LogP contribution in [-0.4, -0.2) is 68.3 Å². The van der Waals surface area contributed by atoms with Gasteiger partial charge in [-0.05, 0) is 58.1 Å². The van der Waals surface area contributed by atoms with Crippen molar-refractivity contribution in [3.63, 3.8) is 0 Å². The Morgan fingerprint density at radius 2 is 1.86 bits per heavy atom. The van der Waals surface area contributed by atoms with E-state index in [-0.39, 0.29) is 19.6 Å². The highest BCUT2D eigenvalue weighted by molar-refractivity contribution is 7.83. The summed E-state index contributed by atoms with van der Waals surface area (Å²) in [5.74, 6) is -0.807. The van der Waals surface area contributed by atoms with Crippen LogP contribution >= 0.6 is 0 Å². The number of nitrogens with zero attached hydrogens (tertiary/aromatic N) is 2. The summed E-state index contributed by atoms with van der Waals surface area (Å²) < 4.78 is 43.8. The zero-order valence-electron chi connectivity index (χ0n) is 22.7. The second-order valence-electron chi connectivity index (χ2n) is 12.2. The second kappa shape index (κ2) is 10.7. The van der Waals surface area contributed by atoms with Gasteiger partial charge in [-0.25, -0.2) is 14.9 Å². The van der Waals surface area contributed by atoms with E-state index < -0.39 is 51.4 Å². The van der Waals surface area contributed by atoms with E-state index in [1.807, 2.05) is 25.7 Å². The van der Waals surface area contributed by atoms with Crippen molar-refractivity contribution in [2.24, 2.45) is 0 Å². The van der Waals surface area contributed by atoms with Crippen LogP contribution in [0.5, 0.6) is 0 Å². The molecule has 0 radical (unpaired) electrons. The Balaban J connectivity index is 2.17. The zero-order chi connectivity index (χ0) is 27.7. The highest BCUT2D eigenvalue weighted by Gasteiger charge is 2.80. The van der Waals surface area contributed by atoms with Crippen LogP contribution in [0.3, 0.4) is 0 Å². The van der Waals surface area contributed by atoms with Gasteiger partial charge in [-0.2, -0.15) is 0 Å². The average molecular weight is 557 g/mol. The van der Waals surface area contributed by atoms with Crippen molar-refractivity contribution in [2.45, 2.75) is 95.0 Å². The lowest BCUT2D eigenvalue weighted by atomic mass is 9.90. The molecule has 0 aromatic heterocycles. The number of hydrogen-bond donors (Lipinski definition) is 0. The molecule has 1 aliphatic heterocycles. The Morgan fingerprint density at radius 3 is 2.38 bits per heavy atom. The molecule has 2 aliphatic rings. The first kappa shape index (κ1) is 29.7. The minimum atomic E-state index is -5.09. The summed E-state index contributed by atoms with van der Waals surface area (Å²) >= 11 is 0. The number of hydrogen-bond acceptors (Lipinski definition) is 8. The quantitative estimate of drug-likeness (QED) is 0.173. The van der Waals surface area contributed by atoms with Gasteiger partial charge in [0, 0.05) is 21.2 Å². The first-order valence-electron chi connectivity index (χ1n) is 12.7. The summed E-state index contributed by atoms with van der Waals surface area (Å²) in [7, 11) is -6.96. The summed E-state index contributed by atoms with van der Waals surface area (Å²) in [6.07, 6.45) is 2.05. The van der Waals surface area contributed by atoms with E-state index in [0.29, 0.717) is 24.6 Å². The number of nitro groups is 1. The molecule has 0 amide bonds. The molecule has 208 valence electrons. The van der Waals surface area contributed by atoms with Crippen LogP contribution in [0.2, 0.25) is 25.7 Å². The number of ether oxygens (including phenoxy) is 3. The summed E-state index contributed by atoms with van der Waals surface area (Å²) in [5.41, 5.74) is -3.29. The molecule has 3 unspecified atom stereocenters. The Morgan fingerprint density at radius 1 is 1.22 bits per heavy atom. The third-order valence-corrected chi connectivity index (χ3v) is 10.0. The van der Waals surface area contributed by atoms with E-state index in [1.165, 1.54) is 0 Å². The minimum absolute atomic E-state index is 0.00438. The van der Waals surface area contributed by atoms with E-state index in [0.717, 1.165) is 17.1 Å². The van der Waals surface area contributed by atoms with E-state index in [4.69, 9.17) is 14.2 Å². The van der Waals surface area contributed by atoms with Crippen LogP contribution in [-0.2, 0) is 34.6 Å². The van der Waals surface area contributed by atoms with Crippen molar-refractivity contribution >= 4 is 24.3 Å². The number of carbonyl (C=O) groups excluding carboxylic acids is 1.